The molecule has 1 aliphatic heterocycles. The largest absolute Gasteiger partial charge is 0.336 e. The van der Waals surface area contributed by atoms with E-state index in [2.05, 4.69) is 17.6 Å². The number of hydrogen-bond donors (Lipinski definition) is 2. The number of urea groups is 1. The van der Waals surface area contributed by atoms with Gasteiger partial charge in [-0.25, -0.2) is 4.79 Å². The third-order valence-corrected chi connectivity index (χ3v) is 2.39. The van der Waals surface area contributed by atoms with Gasteiger partial charge in [-0.05, 0) is 13.3 Å². The average Bonchev–Trinajstić information content (AvgIpc) is 2.19. The molecule has 0 aromatic rings. The summed E-state index contributed by atoms with van der Waals surface area (Å²) in [5.41, 5.74) is 0. The van der Waals surface area contributed by atoms with Gasteiger partial charge < -0.3 is 15.5 Å². The van der Waals surface area contributed by atoms with Crippen molar-refractivity contribution >= 4 is 6.03 Å². The first kappa shape index (κ1) is 10.3. The molecule has 4 nitrogen and oxygen atoms in total. The van der Waals surface area contributed by atoms with Gasteiger partial charge in [0.2, 0.25) is 0 Å². The van der Waals surface area contributed by atoms with Crippen LogP contribution in [0.25, 0.3) is 0 Å². The van der Waals surface area contributed by atoms with Crippen LogP contribution in [0.3, 0.4) is 0 Å². The zero-order valence-electron chi connectivity index (χ0n) is 8.47. The Morgan fingerprint density at radius 1 is 1.54 bits per heavy atom. The van der Waals surface area contributed by atoms with Crippen molar-refractivity contribution in [2.45, 2.75) is 26.3 Å². The first-order chi connectivity index (χ1) is 6.24. The average molecular weight is 185 g/mol. The Hall–Kier alpha value is -0.770. The molecule has 1 aliphatic rings. The molecule has 0 aromatic heterocycles. The minimum atomic E-state index is 0.0795. The summed E-state index contributed by atoms with van der Waals surface area (Å²) >= 11 is 0. The van der Waals surface area contributed by atoms with Crippen molar-refractivity contribution in [3.8, 4) is 0 Å². The summed E-state index contributed by atoms with van der Waals surface area (Å²) < 4.78 is 0. The van der Waals surface area contributed by atoms with Crippen LogP contribution in [0.2, 0.25) is 0 Å². The number of piperazine rings is 1. The Kier molecular flexibility index (Phi) is 4.02. The highest BCUT2D eigenvalue weighted by atomic mass is 16.2. The van der Waals surface area contributed by atoms with Crippen molar-refractivity contribution in [3.63, 3.8) is 0 Å². The van der Waals surface area contributed by atoms with Crippen molar-refractivity contribution in [2.75, 3.05) is 26.2 Å². The topological polar surface area (TPSA) is 44.4 Å². The molecule has 0 bridgehead atoms. The maximum Gasteiger partial charge on any atom is 0.317 e. The first-order valence-electron chi connectivity index (χ1n) is 5.00. The number of nitrogens with zero attached hydrogens (tertiary/aromatic N) is 1. The number of carbonyl (C=O) groups is 1. The van der Waals surface area contributed by atoms with Crippen LogP contribution in [0, 0.1) is 0 Å². The number of carbonyl (C=O) groups excluding carboxylic acids is 1. The maximum absolute atomic E-state index is 11.6. The van der Waals surface area contributed by atoms with Gasteiger partial charge in [0.1, 0.15) is 0 Å². The molecule has 1 heterocycles. The van der Waals surface area contributed by atoms with Crippen LogP contribution in [0.1, 0.15) is 20.3 Å². The quantitative estimate of drug-likeness (QED) is 0.654. The van der Waals surface area contributed by atoms with Crippen LogP contribution < -0.4 is 10.6 Å². The smallest absolute Gasteiger partial charge is 0.317 e. The van der Waals surface area contributed by atoms with Crippen LogP contribution >= 0.6 is 0 Å². The molecule has 0 radical (unpaired) electrons. The third kappa shape index (κ3) is 3.22. The molecule has 0 saturated carbocycles. The standard InChI is InChI=1S/C9H19N3O/c1-3-8(2)11-9(13)12-6-4-10-5-7-12/h8,10H,3-7H2,1-2H3,(H,11,13). The minimum absolute atomic E-state index is 0.0795. The number of rotatable bonds is 2. The number of amides is 2. The lowest BCUT2D eigenvalue weighted by Gasteiger charge is -2.28. The summed E-state index contributed by atoms with van der Waals surface area (Å²) in [7, 11) is 0. The summed E-state index contributed by atoms with van der Waals surface area (Å²) in [5.74, 6) is 0. The summed E-state index contributed by atoms with van der Waals surface area (Å²) in [6.45, 7) is 7.56. The second-order valence-electron chi connectivity index (χ2n) is 3.50. The van der Waals surface area contributed by atoms with Gasteiger partial charge in [-0.2, -0.15) is 0 Å². The van der Waals surface area contributed by atoms with Crippen molar-refractivity contribution in [1.82, 2.24) is 15.5 Å². The molecule has 0 aliphatic carbocycles. The normalized spacial score (nSPS) is 19.7. The van der Waals surface area contributed by atoms with Crippen LogP contribution in [0.15, 0.2) is 0 Å². The molecular formula is C9H19N3O. The molecule has 76 valence electrons. The third-order valence-electron chi connectivity index (χ3n) is 2.39. The van der Waals surface area contributed by atoms with Gasteiger partial charge in [0, 0.05) is 32.2 Å². The molecular weight excluding hydrogens is 166 g/mol. The fourth-order valence-corrected chi connectivity index (χ4v) is 1.27. The van der Waals surface area contributed by atoms with E-state index >= 15 is 0 Å². The van der Waals surface area contributed by atoms with Crippen LogP contribution in [0.5, 0.6) is 0 Å². The molecule has 1 unspecified atom stereocenters. The molecule has 1 rings (SSSR count). The van der Waals surface area contributed by atoms with E-state index in [1.165, 1.54) is 0 Å². The molecule has 1 saturated heterocycles. The predicted octanol–water partition coefficient (Wildman–Crippen LogP) is 0.400. The Bertz CT molecular complexity index is 166. The second kappa shape index (κ2) is 5.07. The second-order valence-corrected chi connectivity index (χ2v) is 3.50. The molecule has 4 heteroatoms. The van der Waals surface area contributed by atoms with Crippen molar-refractivity contribution < 1.29 is 4.79 Å². The van der Waals surface area contributed by atoms with Crippen LogP contribution in [-0.2, 0) is 0 Å². The summed E-state index contributed by atoms with van der Waals surface area (Å²) in [6.07, 6.45) is 0.984. The number of nitrogens with one attached hydrogen (secondary N) is 2. The SMILES string of the molecule is CCC(C)NC(=O)N1CCNCC1. The van der Waals surface area contributed by atoms with E-state index in [1.54, 1.807) is 0 Å². The molecule has 1 fully saturated rings. The van der Waals surface area contributed by atoms with Gasteiger partial charge in [0.05, 0.1) is 0 Å². The molecule has 0 aromatic carbocycles. The zero-order valence-corrected chi connectivity index (χ0v) is 8.47. The predicted molar refractivity (Wildman–Crippen MR) is 52.7 cm³/mol. The molecule has 1 atom stereocenters. The molecule has 2 N–H and O–H groups in total. The van der Waals surface area contributed by atoms with Crippen molar-refractivity contribution in [1.29, 1.82) is 0 Å². The van der Waals surface area contributed by atoms with Crippen LogP contribution in [-0.4, -0.2) is 43.2 Å². The fourth-order valence-electron chi connectivity index (χ4n) is 1.27. The maximum atomic E-state index is 11.6. The molecule has 13 heavy (non-hydrogen) atoms. The lowest BCUT2D eigenvalue weighted by atomic mass is 10.3. The molecule has 0 spiro atoms. The van der Waals surface area contributed by atoms with Crippen LogP contribution in [0.4, 0.5) is 4.79 Å². The minimum Gasteiger partial charge on any atom is -0.336 e. The lowest BCUT2D eigenvalue weighted by molar-refractivity contribution is 0.186. The monoisotopic (exact) mass is 185 g/mol. The highest BCUT2D eigenvalue weighted by molar-refractivity contribution is 5.74. The van der Waals surface area contributed by atoms with E-state index in [1.807, 2.05) is 11.8 Å². The Morgan fingerprint density at radius 2 is 2.15 bits per heavy atom. The number of hydrogen-bond acceptors (Lipinski definition) is 2. The zero-order chi connectivity index (χ0) is 9.68. The lowest BCUT2D eigenvalue weighted by Crippen LogP contribution is -2.51. The van der Waals surface area contributed by atoms with Crippen molar-refractivity contribution in [3.05, 3.63) is 0 Å². The Balaban J connectivity index is 2.29. The van der Waals surface area contributed by atoms with E-state index in [4.69, 9.17) is 0 Å². The van der Waals surface area contributed by atoms with E-state index in [-0.39, 0.29) is 12.1 Å². The van der Waals surface area contributed by atoms with E-state index < -0.39 is 0 Å². The Morgan fingerprint density at radius 3 is 2.69 bits per heavy atom. The van der Waals surface area contributed by atoms with Gasteiger partial charge in [0.25, 0.3) is 0 Å². The van der Waals surface area contributed by atoms with Gasteiger partial charge in [-0.15, -0.1) is 0 Å². The highest BCUT2D eigenvalue weighted by Crippen LogP contribution is 1.95. The highest BCUT2D eigenvalue weighted by Gasteiger charge is 2.16. The summed E-state index contributed by atoms with van der Waals surface area (Å²) in [5, 5.41) is 6.17. The van der Waals surface area contributed by atoms with Crippen molar-refractivity contribution in [2.24, 2.45) is 0 Å². The molecule has 2 amide bonds. The van der Waals surface area contributed by atoms with Gasteiger partial charge in [-0.1, -0.05) is 6.92 Å². The van der Waals surface area contributed by atoms with Gasteiger partial charge in [-0.3, -0.25) is 0 Å². The summed E-state index contributed by atoms with van der Waals surface area (Å²) in [4.78, 5) is 13.4. The van der Waals surface area contributed by atoms with E-state index in [0.717, 1.165) is 32.6 Å². The van der Waals surface area contributed by atoms with Gasteiger partial charge in [0.15, 0.2) is 0 Å². The Labute approximate surface area is 79.7 Å². The van der Waals surface area contributed by atoms with E-state index in [0.29, 0.717) is 0 Å². The first-order valence-corrected chi connectivity index (χ1v) is 5.00. The fraction of sp³-hybridized carbons (Fsp3) is 0.889. The van der Waals surface area contributed by atoms with E-state index in [9.17, 15) is 4.79 Å². The summed E-state index contributed by atoms with van der Waals surface area (Å²) in [6, 6.07) is 0.359. The van der Waals surface area contributed by atoms with Gasteiger partial charge >= 0.3 is 6.03 Å².